The highest BCUT2D eigenvalue weighted by molar-refractivity contribution is 7.80. The lowest BCUT2D eigenvalue weighted by Crippen LogP contribution is -2.42. The first-order chi connectivity index (χ1) is 9.38. The van der Waals surface area contributed by atoms with E-state index in [1.807, 2.05) is 0 Å². The second-order valence-corrected chi connectivity index (χ2v) is 7.00. The van der Waals surface area contributed by atoms with Gasteiger partial charge in [0.2, 0.25) is 0 Å². The number of anilines is 1. The van der Waals surface area contributed by atoms with Crippen LogP contribution in [0, 0.1) is 0 Å². The second-order valence-electron chi connectivity index (χ2n) is 3.89. The lowest BCUT2D eigenvalue weighted by atomic mass is 10.1. The first kappa shape index (κ1) is 17.7. The van der Waals surface area contributed by atoms with Crippen LogP contribution in [0.1, 0.15) is 19.3 Å². The van der Waals surface area contributed by atoms with E-state index in [-0.39, 0.29) is 20.8 Å². The van der Waals surface area contributed by atoms with E-state index in [2.05, 4.69) is 0 Å². The highest BCUT2D eigenvalue weighted by Gasteiger charge is 2.29. The number of aliphatic carboxylic acids is 1. The van der Waals surface area contributed by atoms with Crippen molar-refractivity contribution in [2.45, 2.75) is 25.3 Å². The van der Waals surface area contributed by atoms with E-state index in [1.165, 1.54) is 6.07 Å². The third kappa shape index (κ3) is 4.57. The summed E-state index contributed by atoms with van der Waals surface area (Å²) in [5.74, 6) is -1.25. The molecule has 0 aromatic carbocycles. The van der Waals surface area contributed by atoms with Gasteiger partial charge >= 0.3 is 5.97 Å². The summed E-state index contributed by atoms with van der Waals surface area (Å²) < 4.78 is 23.9. The fourth-order valence-corrected chi connectivity index (χ4v) is 3.92. The first-order valence-electron chi connectivity index (χ1n) is 5.64. The van der Waals surface area contributed by atoms with Crippen LogP contribution in [0.4, 0.5) is 5.69 Å². The molecule has 0 amide bonds. The van der Waals surface area contributed by atoms with Crippen LogP contribution in [0.15, 0.2) is 6.07 Å². The van der Waals surface area contributed by atoms with Crippen LogP contribution >= 0.6 is 34.5 Å². The minimum atomic E-state index is -2.77. The molecule has 0 spiro atoms. The number of halogens is 2. The number of rotatable bonds is 8. The fourth-order valence-electron chi connectivity index (χ4n) is 1.66. The summed E-state index contributed by atoms with van der Waals surface area (Å²) in [5, 5.41) is 9.23. The number of nitrogens with zero attached hydrogens (tertiary/aromatic N) is 1. The minimum absolute atomic E-state index is 0.0788. The number of unbranched alkanes of at least 4 members (excludes halogenated alkanes) is 1. The van der Waals surface area contributed by atoms with Crippen LogP contribution in [0.5, 0.6) is 0 Å². The maximum atomic E-state index is 11.4. The molecular weight excluding hydrogens is 347 g/mol. The molecule has 3 N–H and O–H groups in total. The van der Waals surface area contributed by atoms with Gasteiger partial charge in [0.05, 0.1) is 10.0 Å². The van der Waals surface area contributed by atoms with Crippen molar-refractivity contribution in [3.05, 3.63) is 14.7 Å². The predicted molar refractivity (Wildman–Crippen MR) is 80.1 cm³/mol. The fraction of sp³-hybridized carbons (Fsp3) is 0.500. The average Bonchev–Trinajstić information content (AvgIpc) is 2.66. The summed E-state index contributed by atoms with van der Waals surface area (Å²) >= 11 is 9.87. The number of carboxylic acids is 1. The molecule has 0 saturated carbocycles. The molecule has 10 heteroatoms. The Morgan fingerprint density at radius 3 is 2.60 bits per heavy atom. The molecule has 114 valence electrons. The van der Waals surface area contributed by atoms with E-state index in [9.17, 15) is 18.7 Å². The van der Waals surface area contributed by atoms with Crippen molar-refractivity contribution in [2.75, 3.05) is 10.8 Å². The summed E-state index contributed by atoms with van der Waals surface area (Å²) in [4.78, 5) is 11.3. The average molecular weight is 360 g/mol. The van der Waals surface area contributed by atoms with Gasteiger partial charge in [0, 0.05) is 11.3 Å². The monoisotopic (exact) mass is 359 g/mol. The largest absolute Gasteiger partial charge is 0.755 e. The first-order valence-corrected chi connectivity index (χ1v) is 8.25. The van der Waals surface area contributed by atoms with Gasteiger partial charge in [0.25, 0.3) is 0 Å². The molecule has 0 saturated heterocycles. The van der Waals surface area contributed by atoms with Crippen LogP contribution < -0.4 is 10.0 Å². The van der Waals surface area contributed by atoms with Crippen molar-refractivity contribution in [1.29, 1.82) is 0 Å². The second kappa shape index (κ2) is 8.16. The molecule has 1 aromatic heterocycles. The van der Waals surface area contributed by atoms with Crippen molar-refractivity contribution in [1.82, 2.24) is 0 Å². The Labute approximate surface area is 132 Å². The topological polar surface area (TPSA) is 107 Å². The normalized spacial score (nSPS) is 14.0. The predicted octanol–water partition coefficient (Wildman–Crippen LogP) is 2.24. The third-order valence-corrected chi connectivity index (χ3v) is 4.78. The quantitative estimate of drug-likeness (QED) is 0.546. The van der Waals surface area contributed by atoms with Gasteiger partial charge in [-0.25, -0.2) is 4.79 Å². The Morgan fingerprint density at radius 1 is 1.55 bits per heavy atom. The van der Waals surface area contributed by atoms with E-state index >= 15 is 0 Å². The maximum absolute atomic E-state index is 11.4. The highest BCUT2D eigenvalue weighted by atomic mass is 35.5. The number of thiophene rings is 1. The number of hydrogen-bond donors (Lipinski definition) is 2. The van der Waals surface area contributed by atoms with E-state index in [4.69, 9.17) is 28.9 Å². The Hall–Kier alpha value is -0.380. The van der Waals surface area contributed by atoms with E-state index in [0.29, 0.717) is 19.4 Å². The van der Waals surface area contributed by atoms with Crippen LogP contribution in [0.3, 0.4) is 0 Å². The molecule has 0 fully saturated rings. The van der Waals surface area contributed by atoms with Gasteiger partial charge in [0.1, 0.15) is 10.4 Å². The summed E-state index contributed by atoms with van der Waals surface area (Å²) in [7, 11) is 0. The lowest BCUT2D eigenvalue weighted by Gasteiger charge is -2.31. The van der Waals surface area contributed by atoms with E-state index < -0.39 is 23.3 Å². The smallest absolute Gasteiger partial charge is 0.327 e. The zero-order chi connectivity index (χ0) is 15.3. The van der Waals surface area contributed by atoms with Crippen molar-refractivity contribution >= 4 is 57.5 Å². The third-order valence-electron chi connectivity index (χ3n) is 2.54. The van der Waals surface area contributed by atoms with Crippen LogP contribution in [0.2, 0.25) is 8.67 Å². The van der Waals surface area contributed by atoms with Crippen LogP contribution in [0.25, 0.3) is 0 Å². The minimum Gasteiger partial charge on any atom is -0.755 e. The molecular formula is C10H13Cl2N2O4S2-. The standard InChI is InChI=1S/C10H14Cl2N2O4S2/c11-8-5-7(9(12)19-8)14(20(17)18)6(10(15)16)3-1-2-4-13/h5-6H,1-4,13H2,(H,15,16)(H,17,18)/p-1. The van der Waals surface area contributed by atoms with Crippen LogP contribution in [-0.4, -0.2) is 32.4 Å². The van der Waals surface area contributed by atoms with Crippen molar-refractivity contribution in [3.63, 3.8) is 0 Å². The summed E-state index contributed by atoms with van der Waals surface area (Å²) in [6, 6.07) is 0.103. The van der Waals surface area contributed by atoms with Gasteiger partial charge in [-0.3, -0.25) is 8.51 Å². The molecule has 0 aliphatic rings. The van der Waals surface area contributed by atoms with Crippen LogP contribution in [-0.2, 0) is 16.1 Å². The van der Waals surface area contributed by atoms with Crippen molar-refractivity contribution < 1.29 is 18.7 Å². The molecule has 20 heavy (non-hydrogen) atoms. The molecule has 2 atom stereocenters. The Bertz CT molecular complexity index is 498. The molecule has 0 radical (unpaired) electrons. The Kier molecular flexibility index (Phi) is 7.21. The number of carboxylic acid groups (broad SMARTS) is 1. The number of hydrogen-bond acceptors (Lipinski definition) is 5. The highest BCUT2D eigenvalue weighted by Crippen LogP contribution is 2.39. The number of carbonyl (C=O) groups is 1. The van der Waals surface area contributed by atoms with E-state index in [0.717, 1.165) is 15.6 Å². The van der Waals surface area contributed by atoms with Gasteiger partial charge in [-0.1, -0.05) is 23.2 Å². The summed E-state index contributed by atoms with van der Waals surface area (Å²) in [6.07, 6.45) is 1.25. The summed E-state index contributed by atoms with van der Waals surface area (Å²) in [5.41, 5.74) is 5.42. The van der Waals surface area contributed by atoms with Gasteiger partial charge in [-0.2, -0.15) is 0 Å². The van der Waals surface area contributed by atoms with Gasteiger partial charge < -0.3 is 15.4 Å². The van der Waals surface area contributed by atoms with Gasteiger partial charge in [0.15, 0.2) is 0 Å². The molecule has 0 aliphatic heterocycles. The SMILES string of the molecule is NCCCCC(C(=O)O)N(c1cc(Cl)sc1Cl)S(=O)[O-]. The molecule has 6 nitrogen and oxygen atoms in total. The van der Waals surface area contributed by atoms with Crippen molar-refractivity contribution in [2.24, 2.45) is 5.73 Å². The molecule has 1 heterocycles. The zero-order valence-corrected chi connectivity index (χ0v) is 13.4. The Balaban J connectivity index is 3.05. The number of nitrogens with two attached hydrogens (primary N) is 1. The zero-order valence-electron chi connectivity index (χ0n) is 10.3. The molecule has 1 aromatic rings. The van der Waals surface area contributed by atoms with Gasteiger partial charge in [-0.05, 0) is 31.9 Å². The summed E-state index contributed by atoms with van der Waals surface area (Å²) in [6.45, 7) is 0.415. The Morgan fingerprint density at radius 2 is 2.20 bits per heavy atom. The van der Waals surface area contributed by atoms with Gasteiger partial charge in [-0.15, -0.1) is 11.3 Å². The van der Waals surface area contributed by atoms with Crippen molar-refractivity contribution in [3.8, 4) is 0 Å². The molecule has 0 bridgehead atoms. The van der Waals surface area contributed by atoms with E-state index in [1.54, 1.807) is 0 Å². The molecule has 1 rings (SSSR count). The lowest BCUT2D eigenvalue weighted by molar-refractivity contribution is -0.138. The molecule has 2 unspecified atom stereocenters. The maximum Gasteiger partial charge on any atom is 0.327 e. The molecule has 0 aliphatic carbocycles.